The van der Waals surface area contributed by atoms with Crippen LogP contribution in [0, 0.1) is 5.92 Å². The van der Waals surface area contributed by atoms with Crippen LogP contribution in [-0.4, -0.2) is 35.1 Å². The Morgan fingerprint density at radius 2 is 1.74 bits per heavy atom. The monoisotopic (exact) mass is 469 g/mol. The summed E-state index contributed by atoms with van der Waals surface area (Å²) in [6.45, 7) is 2.45. The number of hydrogen-bond acceptors (Lipinski definition) is 5. The smallest absolute Gasteiger partial charge is 0.335 e. The number of rotatable bonds is 7. The molecule has 0 saturated heterocycles. The molecule has 1 saturated carbocycles. The Morgan fingerprint density at radius 1 is 1.06 bits per heavy atom. The van der Waals surface area contributed by atoms with Gasteiger partial charge in [-0.05, 0) is 80.3 Å². The van der Waals surface area contributed by atoms with Crippen molar-refractivity contribution >= 4 is 35.3 Å². The first-order valence-electron chi connectivity index (χ1n) is 11.3. The minimum absolute atomic E-state index is 0.0787. The average molecular weight is 469 g/mol. The molecule has 8 heteroatoms. The summed E-state index contributed by atoms with van der Waals surface area (Å²) < 4.78 is 5.93. The van der Waals surface area contributed by atoms with Crippen molar-refractivity contribution < 1.29 is 23.9 Å². The summed E-state index contributed by atoms with van der Waals surface area (Å²) in [5.41, 5.74) is 2.93. The largest absolute Gasteiger partial charge is 0.478 e. The quantitative estimate of drug-likeness (QED) is 0.492. The van der Waals surface area contributed by atoms with Gasteiger partial charge in [-0.15, -0.1) is 0 Å². The molecule has 1 aliphatic heterocycles. The fourth-order valence-electron chi connectivity index (χ4n) is 3.78. The molecule has 2 amide bonds. The van der Waals surface area contributed by atoms with Gasteiger partial charge in [0.05, 0.1) is 22.5 Å². The van der Waals surface area contributed by atoms with Gasteiger partial charge < -0.3 is 14.8 Å². The molecule has 2 heterocycles. The van der Waals surface area contributed by atoms with Gasteiger partial charge >= 0.3 is 5.97 Å². The van der Waals surface area contributed by atoms with Crippen molar-refractivity contribution in [2.45, 2.75) is 19.8 Å². The van der Waals surface area contributed by atoms with E-state index in [9.17, 15) is 14.4 Å². The number of carbonyl (C=O) groups excluding carboxylic acids is 2. The fraction of sp³-hybridized carbons (Fsp3) is 0.185. The number of benzene rings is 2. The van der Waals surface area contributed by atoms with Gasteiger partial charge in [0.1, 0.15) is 11.5 Å². The van der Waals surface area contributed by atoms with E-state index in [1.807, 2.05) is 18.2 Å². The lowest BCUT2D eigenvalue weighted by molar-refractivity contribution is -0.114. The highest BCUT2D eigenvalue weighted by Crippen LogP contribution is 2.29. The zero-order valence-electron chi connectivity index (χ0n) is 19.0. The zero-order chi connectivity index (χ0) is 24.5. The summed E-state index contributed by atoms with van der Waals surface area (Å²) in [6, 6.07) is 16.7. The van der Waals surface area contributed by atoms with Crippen LogP contribution >= 0.6 is 0 Å². The maximum atomic E-state index is 13.0. The third-order valence-corrected chi connectivity index (χ3v) is 6.01. The van der Waals surface area contributed by atoms with Gasteiger partial charge in [0.15, 0.2) is 0 Å². The average Bonchev–Trinajstić information content (AvgIpc) is 3.51. The van der Waals surface area contributed by atoms with Gasteiger partial charge in [-0.25, -0.2) is 4.79 Å². The third kappa shape index (κ3) is 4.77. The standard InChI is InChI=1S/C27H23N3O5/c1-16-23(26(32)30(29-16)21-10-8-20(9-11-21)27(33)34)14-22-12-13-24(35-22)18-4-6-19(7-5-18)25(31)28-15-17-2-3-17/h4-14,17H,2-3,15H2,1H3,(H,28,31)(H,33,34)/b23-14-. The summed E-state index contributed by atoms with van der Waals surface area (Å²) >= 11 is 0. The molecular formula is C27H23N3O5. The van der Waals surface area contributed by atoms with E-state index in [0.717, 1.165) is 12.1 Å². The molecule has 8 nitrogen and oxygen atoms in total. The number of hydrogen-bond donors (Lipinski definition) is 2. The predicted octanol–water partition coefficient (Wildman–Crippen LogP) is 4.59. The van der Waals surface area contributed by atoms with E-state index < -0.39 is 5.97 Å². The highest BCUT2D eigenvalue weighted by atomic mass is 16.4. The lowest BCUT2D eigenvalue weighted by Gasteiger charge is -2.11. The summed E-state index contributed by atoms with van der Waals surface area (Å²) in [5.74, 6) is 0.286. The molecule has 0 bridgehead atoms. The molecule has 2 N–H and O–H groups in total. The van der Waals surface area contributed by atoms with E-state index in [-0.39, 0.29) is 17.4 Å². The summed E-state index contributed by atoms with van der Waals surface area (Å²) in [6.07, 6.45) is 4.01. The number of nitrogens with zero attached hydrogens (tertiary/aromatic N) is 2. The number of amides is 2. The number of carboxylic acids is 1. The zero-order valence-corrected chi connectivity index (χ0v) is 19.0. The normalized spacial score (nSPS) is 16.5. The first kappa shape index (κ1) is 22.3. The fourth-order valence-corrected chi connectivity index (χ4v) is 3.78. The predicted molar refractivity (Wildman–Crippen MR) is 131 cm³/mol. The second-order valence-corrected chi connectivity index (χ2v) is 8.65. The van der Waals surface area contributed by atoms with Crippen LogP contribution in [-0.2, 0) is 4.79 Å². The first-order chi connectivity index (χ1) is 16.9. The van der Waals surface area contributed by atoms with E-state index in [2.05, 4.69) is 10.4 Å². The molecule has 2 aliphatic rings. The third-order valence-electron chi connectivity index (χ3n) is 6.01. The van der Waals surface area contributed by atoms with Gasteiger partial charge in [0.2, 0.25) is 0 Å². The van der Waals surface area contributed by atoms with Crippen molar-refractivity contribution in [2.75, 3.05) is 11.6 Å². The molecule has 5 rings (SSSR count). The number of carboxylic acid groups (broad SMARTS) is 1. The molecule has 3 aromatic rings. The van der Waals surface area contributed by atoms with Crippen LogP contribution in [0.25, 0.3) is 17.4 Å². The Bertz CT molecular complexity index is 1360. The highest BCUT2D eigenvalue weighted by molar-refractivity contribution is 6.32. The molecule has 35 heavy (non-hydrogen) atoms. The molecule has 1 aromatic heterocycles. The van der Waals surface area contributed by atoms with E-state index in [1.54, 1.807) is 43.3 Å². The minimum atomic E-state index is -1.04. The lowest BCUT2D eigenvalue weighted by Crippen LogP contribution is -2.25. The molecule has 1 aliphatic carbocycles. The summed E-state index contributed by atoms with van der Waals surface area (Å²) in [5, 5.41) is 17.6. The number of hydrazone groups is 1. The Morgan fingerprint density at radius 3 is 2.40 bits per heavy atom. The van der Waals surface area contributed by atoms with Gasteiger partial charge in [0.25, 0.3) is 11.8 Å². The SMILES string of the molecule is CC1=NN(c2ccc(C(=O)O)cc2)C(=O)/C1=C\c1ccc(-c2ccc(C(=O)NCC3CC3)cc2)o1. The molecule has 1 fully saturated rings. The van der Waals surface area contributed by atoms with Crippen molar-refractivity contribution in [2.24, 2.45) is 11.0 Å². The molecular weight excluding hydrogens is 446 g/mol. The van der Waals surface area contributed by atoms with Crippen molar-refractivity contribution in [3.63, 3.8) is 0 Å². The van der Waals surface area contributed by atoms with E-state index >= 15 is 0 Å². The van der Waals surface area contributed by atoms with Crippen LogP contribution in [0.15, 0.2) is 75.8 Å². The van der Waals surface area contributed by atoms with Gasteiger partial charge in [-0.1, -0.05) is 12.1 Å². The number of nitrogens with one attached hydrogen (secondary N) is 1. The van der Waals surface area contributed by atoms with Crippen molar-refractivity contribution in [3.8, 4) is 11.3 Å². The maximum Gasteiger partial charge on any atom is 0.335 e. The Labute approximate surface area is 201 Å². The van der Waals surface area contributed by atoms with E-state index in [1.165, 1.54) is 30.0 Å². The molecule has 0 unspecified atom stereocenters. The summed E-state index contributed by atoms with van der Waals surface area (Å²) in [4.78, 5) is 36.3. The topological polar surface area (TPSA) is 112 Å². The molecule has 176 valence electrons. The second-order valence-electron chi connectivity index (χ2n) is 8.65. The van der Waals surface area contributed by atoms with Crippen LogP contribution in [0.3, 0.4) is 0 Å². The van der Waals surface area contributed by atoms with E-state index in [0.29, 0.717) is 40.0 Å². The molecule has 0 radical (unpaired) electrons. The Balaban J connectivity index is 1.29. The van der Waals surface area contributed by atoms with Gasteiger partial charge in [-0.2, -0.15) is 10.1 Å². The van der Waals surface area contributed by atoms with Crippen molar-refractivity contribution in [1.29, 1.82) is 0 Å². The number of carbonyl (C=O) groups is 3. The van der Waals surface area contributed by atoms with Crippen LogP contribution in [0.2, 0.25) is 0 Å². The number of anilines is 1. The molecule has 0 spiro atoms. The van der Waals surface area contributed by atoms with E-state index in [4.69, 9.17) is 9.52 Å². The van der Waals surface area contributed by atoms with Crippen LogP contribution < -0.4 is 10.3 Å². The number of aromatic carboxylic acids is 1. The summed E-state index contributed by atoms with van der Waals surface area (Å²) in [7, 11) is 0. The minimum Gasteiger partial charge on any atom is -0.478 e. The Hall–Kier alpha value is -4.46. The first-order valence-corrected chi connectivity index (χ1v) is 11.3. The van der Waals surface area contributed by atoms with Crippen molar-refractivity contribution in [3.05, 3.63) is 83.1 Å². The number of furan rings is 1. The van der Waals surface area contributed by atoms with Crippen LogP contribution in [0.5, 0.6) is 0 Å². The van der Waals surface area contributed by atoms with Crippen molar-refractivity contribution in [1.82, 2.24) is 5.32 Å². The van der Waals surface area contributed by atoms with Crippen LogP contribution in [0.4, 0.5) is 5.69 Å². The molecule has 2 aromatic carbocycles. The van der Waals surface area contributed by atoms with Gasteiger partial charge in [0, 0.05) is 17.7 Å². The highest BCUT2D eigenvalue weighted by Gasteiger charge is 2.29. The lowest BCUT2D eigenvalue weighted by atomic mass is 10.1. The van der Waals surface area contributed by atoms with Crippen LogP contribution in [0.1, 0.15) is 46.2 Å². The second kappa shape index (κ2) is 9.06. The maximum absolute atomic E-state index is 13.0. The Kier molecular flexibility index (Phi) is 5.78. The van der Waals surface area contributed by atoms with Gasteiger partial charge in [-0.3, -0.25) is 9.59 Å². The molecule has 0 atom stereocenters.